The predicted octanol–water partition coefficient (Wildman–Crippen LogP) is 3.80. The highest BCUT2D eigenvalue weighted by atomic mass is 79.9. The van der Waals surface area contributed by atoms with Crippen LogP contribution in [-0.2, 0) is 4.79 Å². The SMILES string of the molecule is CCC(=O)NC(=S)Nc1ccc(NC(=S)NC(=O)c2cccc(Br)c2)cc1. The van der Waals surface area contributed by atoms with Crippen molar-refractivity contribution in [2.24, 2.45) is 0 Å². The summed E-state index contributed by atoms with van der Waals surface area (Å²) in [7, 11) is 0. The fourth-order valence-electron chi connectivity index (χ4n) is 1.98. The topological polar surface area (TPSA) is 82.3 Å². The molecule has 2 aromatic carbocycles. The van der Waals surface area contributed by atoms with Crippen molar-refractivity contribution in [1.29, 1.82) is 0 Å². The molecule has 9 heteroatoms. The maximum absolute atomic E-state index is 12.2. The maximum Gasteiger partial charge on any atom is 0.257 e. The molecule has 140 valence electrons. The normalized spacial score (nSPS) is 9.85. The Balaban J connectivity index is 1.88. The smallest absolute Gasteiger partial charge is 0.257 e. The van der Waals surface area contributed by atoms with Crippen LogP contribution >= 0.6 is 40.4 Å². The minimum atomic E-state index is -0.302. The Morgan fingerprint density at radius 3 is 2.00 bits per heavy atom. The molecule has 0 saturated heterocycles. The summed E-state index contributed by atoms with van der Waals surface area (Å²) in [4.78, 5) is 23.5. The van der Waals surface area contributed by atoms with Crippen LogP contribution in [0.2, 0.25) is 0 Å². The number of carbonyl (C=O) groups excluding carboxylic acids is 2. The largest absolute Gasteiger partial charge is 0.332 e. The summed E-state index contributed by atoms with van der Waals surface area (Å²) < 4.78 is 0.810. The van der Waals surface area contributed by atoms with Gasteiger partial charge in [0.15, 0.2) is 10.2 Å². The van der Waals surface area contributed by atoms with E-state index in [0.29, 0.717) is 23.4 Å². The van der Waals surface area contributed by atoms with Gasteiger partial charge in [-0.05, 0) is 66.9 Å². The van der Waals surface area contributed by atoms with Gasteiger partial charge < -0.3 is 16.0 Å². The maximum atomic E-state index is 12.2. The first kappa shape index (κ1) is 20.9. The molecule has 0 atom stereocenters. The van der Waals surface area contributed by atoms with Gasteiger partial charge in [-0.3, -0.25) is 14.9 Å². The lowest BCUT2D eigenvalue weighted by Gasteiger charge is -2.12. The first-order valence-electron chi connectivity index (χ1n) is 7.96. The minimum Gasteiger partial charge on any atom is -0.332 e. The molecule has 0 bridgehead atoms. The predicted molar refractivity (Wildman–Crippen MR) is 119 cm³/mol. The molecule has 0 unspecified atom stereocenters. The van der Waals surface area contributed by atoms with Crippen LogP contribution in [0.25, 0.3) is 0 Å². The number of amides is 2. The minimum absolute atomic E-state index is 0.155. The zero-order chi connectivity index (χ0) is 19.8. The van der Waals surface area contributed by atoms with E-state index >= 15 is 0 Å². The van der Waals surface area contributed by atoms with Crippen LogP contribution in [0, 0.1) is 0 Å². The molecule has 2 amide bonds. The van der Waals surface area contributed by atoms with Crippen LogP contribution in [-0.4, -0.2) is 22.0 Å². The van der Waals surface area contributed by atoms with Crippen molar-refractivity contribution in [3.05, 3.63) is 58.6 Å². The summed E-state index contributed by atoms with van der Waals surface area (Å²) in [6, 6.07) is 14.1. The lowest BCUT2D eigenvalue weighted by molar-refractivity contribution is -0.119. The molecule has 27 heavy (non-hydrogen) atoms. The molecule has 2 aromatic rings. The molecule has 0 radical (unpaired) electrons. The molecular weight excluding hydrogens is 448 g/mol. The van der Waals surface area contributed by atoms with Gasteiger partial charge in [-0.1, -0.05) is 28.9 Å². The molecule has 0 aliphatic carbocycles. The summed E-state index contributed by atoms with van der Waals surface area (Å²) in [6.45, 7) is 1.75. The fraction of sp³-hybridized carbons (Fsp3) is 0.111. The highest BCUT2D eigenvalue weighted by molar-refractivity contribution is 9.10. The summed E-state index contributed by atoms with van der Waals surface area (Å²) in [5.41, 5.74) is 1.91. The van der Waals surface area contributed by atoms with Gasteiger partial charge in [0.1, 0.15) is 0 Å². The molecule has 0 aliphatic heterocycles. The van der Waals surface area contributed by atoms with E-state index < -0.39 is 0 Å². The van der Waals surface area contributed by atoms with Gasteiger partial charge in [0.05, 0.1) is 0 Å². The first-order chi connectivity index (χ1) is 12.9. The molecule has 0 saturated carbocycles. The molecule has 0 aromatic heterocycles. The van der Waals surface area contributed by atoms with E-state index in [1.165, 1.54) is 0 Å². The standard InChI is InChI=1S/C18H17BrN4O2S2/c1-2-15(24)22-17(26)20-13-6-8-14(9-7-13)21-18(27)23-16(25)11-4-3-5-12(19)10-11/h3-10H,2H2,1H3,(H2,20,22,24,26)(H2,21,23,25,27). The number of thiocarbonyl (C=S) groups is 2. The van der Waals surface area contributed by atoms with E-state index in [9.17, 15) is 9.59 Å². The van der Waals surface area contributed by atoms with E-state index in [2.05, 4.69) is 37.2 Å². The Labute approximate surface area is 176 Å². The molecule has 0 spiro atoms. The zero-order valence-corrected chi connectivity index (χ0v) is 17.6. The van der Waals surface area contributed by atoms with E-state index in [4.69, 9.17) is 24.4 Å². The van der Waals surface area contributed by atoms with Crippen molar-refractivity contribution >= 4 is 73.8 Å². The van der Waals surface area contributed by atoms with Gasteiger partial charge in [0, 0.05) is 27.8 Å². The molecule has 4 N–H and O–H groups in total. The summed E-state index contributed by atoms with van der Waals surface area (Å²) >= 11 is 13.5. The van der Waals surface area contributed by atoms with Crippen molar-refractivity contribution in [3.8, 4) is 0 Å². The Hall–Kier alpha value is -2.36. The highest BCUT2D eigenvalue weighted by Gasteiger charge is 2.08. The quantitative estimate of drug-likeness (QED) is 0.515. The van der Waals surface area contributed by atoms with Gasteiger partial charge in [0.25, 0.3) is 5.91 Å². The number of rotatable bonds is 4. The number of hydrogen-bond acceptors (Lipinski definition) is 4. The Morgan fingerprint density at radius 2 is 1.48 bits per heavy atom. The number of hydrogen-bond donors (Lipinski definition) is 4. The molecular formula is C18H17BrN4O2S2. The van der Waals surface area contributed by atoms with Crippen molar-refractivity contribution in [1.82, 2.24) is 10.6 Å². The highest BCUT2D eigenvalue weighted by Crippen LogP contribution is 2.14. The molecule has 0 fully saturated rings. The second-order valence-corrected chi connectivity index (χ2v) is 7.08. The van der Waals surface area contributed by atoms with Crippen molar-refractivity contribution in [2.45, 2.75) is 13.3 Å². The Bertz CT molecular complexity index is 872. The van der Waals surface area contributed by atoms with Gasteiger partial charge in [-0.15, -0.1) is 0 Å². The van der Waals surface area contributed by atoms with Crippen LogP contribution in [0.15, 0.2) is 53.0 Å². The lowest BCUT2D eigenvalue weighted by Crippen LogP contribution is -2.34. The third kappa shape index (κ3) is 7.05. The van der Waals surface area contributed by atoms with Crippen molar-refractivity contribution in [3.63, 3.8) is 0 Å². The third-order valence-electron chi connectivity index (χ3n) is 3.29. The second kappa shape index (κ2) is 10.1. The van der Waals surface area contributed by atoms with Crippen LogP contribution in [0.5, 0.6) is 0 Å². The zero-order valence-electron chi connectivity index (χ0n) is 14.3. The van der Waals surface area contributed by atoms with Crippen LogP contribution in [0.3, 0.4) is 0 Å². The summed E-state index contributed by atoms with van der Waals surface area (Å²) in [6.07, 6.45) is 0.355. The van der Waals surface area contributed by atoms with Crippen molar-refractivity contribution < 1.29 is 9.59 Å². The van der Waals surface area contributed by atoms with Crippen molar-refractivity contribution in [2.75, 3.05) is 10.6 Å². The van der Waals surface area contributed by atoms with Gasteiger partial charge in [0.2, 0.25) is 5.91 Å². The number of anilines is 2. The number of halogens is 1. The monoisotopic (exact) mass is 464 g/mol. The average molecular weight is 465 g/mol. The fourth-order valence-corrected chi connectivity index (χ4v) is 2.82. The summed E-state index contributed by atoms with van der Waals surface area (Å²) in [5.74, 6) is -0.457. The molecule has 2 rings (SSSR count). The lowest BCUT2D eigenvalue weighted by atomic mass is 10.2. The second-order valence-electron chi connectivity index (χ2n) is 5.35. The molecule has 0 heterocycles. The van der Waals surface area contributed by atoms with E-state index in [1.807, 2.05) is 6.07 Å². The third-order valence-corrected chi connectivity index (χ3v) is 4.19. The Morgan fingerprint density at radius 1 is 0.926 bits per heavy atom. The van der Waals surface area contributed by atoms with Gasteiger partial charge in [-0.25, -0.2) is 0 Å². The first-order valence-corrected chi connectivity index (χ1v) is 9.57. The number of nitrogens with one attached hydrogen (secondary N) is 4. The number of carbonyl (C=O) groups is 2. The average Bonchev–Trinajstić information content (AvgIpc) is 2.63. The Kier molecular flexibility index (Phi) is 7.83. The van der Waals surface area contributed by atoms with Gasteiger partial charge in [-0.2, -0.15) is 0 Å². The van der Waals surface area contributed by atoms with Crippen LogP contribution < -0.4 is 21.3 Å². The molecule has 6 nitrogen and oxygen atoms in total. The number of benzene rings is 2. The van der Waals surface area contributed by atoms with Crippen LogP contribution in [0.1, 0.15) is 23.7 Å². The van der Waals surface area contributed by atoms with Crippen LogP contribution in [0.4, 0.5) is 11.4 Å². The van der Waals surface area contributed by atoms with E-state index in [1.54, 1.807) is 49.4 Å². The van der Waals surface area contributed by atoms with E-state index in [0.717, 1.165) is 4.47 Å². The molecule has 0 aliphatic rings. The summed E-state index contributed by atoms with van der Waals surface area (Å²) in [5, 5.41) is 11.5. The van der Waals surface area contributed by atoms with Gasteiger partial charge >= 0.3 is 0 Å². The van der Waals surface area contributed by atoms with E-state index in [-0.39, 0.29) is 22.0 Å².